The first-order valence-corrected chi connectivity index (χ1v) is 9.45. The summed E-state index contributed by atoms with van der Waals surface area (Å²) in [7, 11) is 1.67. The molecule has 0 saturated carbocycles. The van der Waals surface area contributed by atoms with E-state index in [4.69, 9.17) is 4.74 Å². The lowest BCUT2D eigenvalue weighted by molar-refractivity contribution is -0.130. The molecule has 0 bridgehead atoms. The van der Waals surface area contributed by atoms with Gasteiger partial charge in [0, 0.05) is 36.8 Å². The number of benzene rings is 2. The summed E-state index contributed by atoms with van der Waals surface area (Å²) < 4.78 is 5.21. The molecule has 132 valence electrons. The van der Waals surface area contributed by atoms with Crippen LogP contribution in [0.2, 0.25) is 0 Å². The standard InChI is InChI=1S/C20H24N2O2S/c1-16(25-19-6-4-3-5-7-19)20(23)22-14-12-21(13-15-22)17-8-10-18(24-2)11-9-17/h3-11,16H,12-15H2,1-2H3. The monoisotopic (exact) mass is 356 g/mol. The second kappa shape index (κ2) is 8.30. The Balaban J connectivity index is 1.53. The molecule has 25 heavy (non-hydrogen) atoms. The van der Waals surface area contributed by atoms with Gasteiger partial charge in [0.15, 0.2) is 0 Å². The van der Waals surface area contributed by atoms with Crippen LogP contribution >= 0.6 is 11.8 Å². The number of carbonyl (C=O) groups is 1. The Kier molecular flexibility index (Phi) is 5.87. The van der Waals surface area contributed by atoms with Gasteiger partial charge in [-0.05, 0) is 43.3 Å². The summed E-state index contributed by atoms with van der Waals surface area (Å²) in [5.41, 5.74) is 1.18. The lowest BCUT2D eigenvalue weighted by Crippen LogP contribution is -2.50. The zero-order chi connectivity index (χ0) is 17.6. The van der Waals surface area contributed by atoms with Gasteiger partial charge in [-0.25, -0.2) is 0 Å². The normalized spacial score (nSPS) is 15.8. The van der Waals surface area contributed by atoms with Gasteiger partial charge < -0.3 is 14.5 Å². The fraction of sp³-hybridized carbons (Fsp3) is 0.350. The van der Waals surface area contributed by atoms with E-state index >= 15 is 0 Å². The Morgan fingerprint density at radius 3 is 2.24 bits per heavy atom. The molecule has 3 rings (SSSR count). The average Bonchev–Trinajstić information content (AvgIpc) is 2.68. The van der Waals surface area contributed by atoms with E-state index < -0.39 is 0 Å². The highest BCUT2D eigenvalue weighted by atomic mass is 32.2. The highest BCUT2D eigenvalue weighted by Crippen LogP contribution is 2.25. The molecule has 0 radical (unpaired) electrons. The summed E-state index contributed by atoms with van der Waals surface area (Å²) in [6, 6.07) is 18.2. The highest BCUT2D eigenvalue weighted by Gasteiger charge is 2.25. The van der Waals surface area contributed by atoms with Crippen LogP contribution < -0.4 is 9.64 Å². The molecule has 0 aliphatic carbocycles. The van der Waals surface area contributed by atoms with Gasteiger partial charge in [0.1, 0.15) is 5.75 Å². The van der Waals surface area contributed by atoms with Gasteiger partial charge in [-0.1, -0.05) is 18.2 Å². The number of rotatable bonds is 5. The molecule has 1 amide bonds. The Bertz CT molecular complexity index is 683. The zero-order valence-corrected chi connectivity index (χ0v) is 15.5. The van der Waals surface area contributed by atoms with Crippen molar-refractivity contribution in [3.05, 3.63) is 54.6 Å². The quantitative estimate of drug-likeness (QED) is 0.768. The molecule has 0 N–H and O–H groups in total. The maximum Gasteiger partial charge on any atom is 0.235 e. The van der Waals surface area contributed by atoms with Gasteiger partial charge in [-0.3, -0.25) is 4.79 Å². The van der Waals surface area contributed by atoms with Gasteiger partial charge in [0.2, 0.25) is 5.91 Å². The van der Waals surface area contributed by atoms with Crippen LogP contribution in [0.3, 0.4) is 0 Å². The largest absolute Gasteiger partial charge is 0.497 e. The lowest BCUT2D eigenvalue weighted by Gasteiger charge is -2.37. The smallest absolute Gasteiger partial charge is 0.235 e. The molecule has 1 atom stereocenters. The Morgan fingerprint density at radius 1 is 1.00 bits per heavy atom. The molecule has 1 fully saturated rings. The molecule has 1 aliphatic heterocycles. The van der Waals surface area contributed by atoms with Crippen molar-refractivity contribution in [3.63, 3.8) is 0 Å². The summed E-state index contributed by atoms with van der Waals surface area (Å²) in [5, 5.41) is -0.0602. The van der Waals surface area contributed by atoms with Crippen molar-refractivity contribution in [3.8, 4) is 5.75 Å². The van der Waals surface area contributed by atoms with Crippen molar-refractivity contribution in [1.29, 1.82) is 0 Å². The van der Waals surface area contributed by atoms with Crippen molar-refractivity contribution >= 4 is 23.4 Å². The van der Waals surface area contributed by atoms with E-state index in [1.807, 2.05) is 42.2 Å². The van der Waals surface area contributed by atoms with Gasteiger partial charge >= 0.3 is 0 Å². The second-order valence-electron chi connectivity index (χ2n) is 6.08. The van der Waals surface area contributed by atoms with Crippen molar-refractivity contribution in [2.24, 2.45) is 0 Å². The minimum Gasteiger partial charge on any atom is -0.497 e. The van der Waals surface area contributed by atoms with Crippen LogP contribution in [0.4, 0.5) is 5.69 Å². The molecule has 1 aliphatic rings. The topological polar surface area (TPSA) is 32.8 Å². The van der Waals surface area contributed by atoms with E-state index in [9.17, 15) is 4.79 Å². The molecule has 1 saturated heterocycles. The minimum absolute atomic E-state index is 0.0602. The minimum atomic E-state index is -0.0602. The highest BCUT2D eigenvalue weighted by molar-refractivity contribution is 8.00. The van der Waals surface area contributed by atoms with E-state index in [0.29, 0.717) is 0 Å². The maximum atomic E-state index is 12.7. The predicted octanol–water partition coefficient (Wildman–Crippen LogP) is 3.52. The van der Waals surface area contributed by atoms with E-state index in [-0.39, 0.29) is 11.2 Å². The van der Waals surface area contributed by atoms with Crippen LogP contribution in [0, 0.1) is 0 Å². The zero-order valence-electron chi connectivity index (χ0n) is 14.7. The SMILES string of the molecule is COc1ccc(N2CCN(C(=O)C(C)Sc3ccccc3)CC2)cc1. The van der Waals surface area contributed by atoms with Gasteiger partial charge in [0.05, 0.1) is 12.4 Å². The van der Waals surface area contributed by atoms with Crippen molar-refractivity contribution < 1.29 is 9.53 Å². The van der Waals surface area contributed by atoms with E-state index in [1.54, 1.807) is 18.9 Å². The van der Waals surface area contributed by atoms with Gasteiger partial charge in [-0.2, -0.15) is 0 Å². The van der Waals surface area contributed by atoms with Gasteiger partial charge in [-0.15, -0.1) is 11.8 Å². The molecule has 1 heterocycles. The Labute approximate surface area is 153 Å². The van der Waals surface area contributed by atoms with Crippen molar-refractivity contribution in [2.75, 3.05) is 38.2 Å². The van der Waals surface area contributed by atoms with Crippen LogP contribution in [-0.4, -0.2) is 49.3 Å². The lowest BCUT2D eigenvalue weighted by atomic mass is 10.2. The fourth-order valence-electron chi connectivity index (χ4n) is 2.99. The van der Waals surface area contributed by atoms with Crippen molar-refractivity contribution in [2.45, 2.75) is 17.1 Å². The first kappa shape index (κ1) is 17.7. The fourth-order valence-corrected chi connectivity index (χ4v) is 3.96. The maximum absolute atomic E-state index is 12.7. The number of nitrogens with zero attached hydrogens (tertiary/aromatic N) is 2. The number of anilines is 1. The van der Waals surface area contributed by atoms with Gasteiger partial charge in [0.25, 0.3) is 0 Å². The van der Waals surface area contributed by atoms with Crippen LogP contribution in [0.15, 0.2) is 59.5 Å². The third-order valence-electron chi connectivity index (χ3n) is 4.43. The molecular weight excluding hydrogens is 332 g/mol. The molecule has 2 aromatic carbocycles. The third kappa shape index (κ3) is 4.48. The molecular formula is C20H24N2O2S. The number of hydrogen-bond donors (Lipinski definition) is 0. The first-order chi connectivity index (χ1) is 12.2. The first-order valence-electron chi connectivity index (χ1n) is 8.57. The molecule has 1 unspecified atom stereocenters. The Hall–Kier alpha value is -2.14. The molecule has 2 aromatic rings. The molecule has 5 heteroatoms. The average molecular weight is 356 g/mol. The Morgan fingerprint density at radius 2 is 1.64 bits per heavy atom. The summed E-state index contributed by atoms with van der Waals surface area (Å²) >= 11 is 1.63. The summed E-state index contributed by atoms with van der Waals surface area (Å²) in [5.74, 6) is 1.09. The number of piperazine rings is 1. The number of carbonyl (C=O) groups excluding carboxylic acids is 1. The van der Waals surface area contributed by atoms with Crippen LogP contribution in [-0.2, 0) is 4.79 Å². The van der Waals surface area contributed by atoms with E-state index in [1.165, 1.54) is 5.69 Å². The van der Waals surface area contributed by atoms with E-state index in [2.05, 4.69) is 29.2 Å². The number of thioether (sulfide) groups is 1. The summed E-state index contributed by atoms with van der Waals surface area (Å²) in [4.78, 5) is 18.1. The van der Waals surface area contributed by atoms with Crippen LogP contribution in [0.1, 0.15) is 6.92 Å². The van der Waals surface area contributed by atoms with Crippen molar-refractivity contribution in [1.82, 2.24) is 4.90 Å². The molecule has 4 nitrogen and oxygen atoms in total. The molecule has 0 spiro atoms. The van der Waals surface area contributed by atoms with Crippen LogP contribution in [0.5, 0.6) is 5.75 Å². The predicted molar refractivity (Wildman–Crippen MR) is 104 cm³/mol. The van der Waals surface area contributed by atoms with E-state index in [0.717, 1.165) is 36.8 Å². The third-order valence-corrected chi connectivity index (χ3v) is 5.53. The number of ether oxygens (including phenoxy) is 1. The number of amides is 1. The van der Waals surface area contributed by atoms with Crippen LogP contribution in [0.25, 0.3) is 0 Å². The number of hydrogen-bond acceptors (Lipinski definition) is 4. The molecule has 0 aromatic heterocycles. The second-order valence-corrected chi connectivity index (χ2v) is 7.50. The number of methoxy groups -OCH3 is 1. The summed E-state index contributed by atoms with van der Waals surface area (Å²) in [6.45, 7) is 5.26. The summed E-state index contributed by atoms with van der Waals surface area (Å²) in [6.07, 6.45) is 0.